The highest BCUT2D eigenvalue weighted by molar-refractivity contribution is 7.99. The number of nitrogens with one attached hydrogen (secondary N) is 2. The average molecular weight is 408 g/mol. The number of imidazole rings is 1. The summed E-state index contributed by atoms with van der Waals surface area (Å²) >= 11 is 7.27. The number of amides is 1. The molecular formula is C18H18ClN3O4S. The van der Waals surface area contributed by atoms with Crippen LogP contribution in [0.15, 0.2) is 35.5 Å². The second-order valence-electron chi connectivity index (χ2n) is 5.45. The minimum absolute atomic E-state index is 0.185. The van der Waals surface area contributed by atoms with Gasteiger partial charge in [0.2, 0.25) is 11.7 Å². The van der Waals surface area contributed by atoms with E-state index in [1.807, 2.05) is 6.07 Å². The van der Waals surface area contributed by atoms with E-state index in [0.717, 1.165) is 11.0 Å². The summed E-state index contributed by atoms with van der Waals surface area (Å²) in [7, 11) is 4.56. The number of hydrogen-bond donors (Lipinski definition) is 2. The van der Waals surface area contributed by atoms with Crippen LogP contribution in [0.4, 0.5) is 5.69 Å². The molecule has 7 nitrogen and oxygen atoms in total. The fourth-order valence-electron chi connectivity index (χ4n) is 2.51. The number of aromatic nitrogens is 2. The molecule has 27 heavy (non-hydrogen) atoms. The van der Waals surface area contributed by atoms with E-state index in [1.165, 1.54) is 33.1 Å². The van der Waals surface area contributed by atoms with Gasteiger partial charge < -0.3 is 24.5 Å². The number of anilines is 1. The van der Waals surface area contributed by atoms with E-state index in [9.17, 15) is 4.79 Å². The minimum atomic E-state index is -0.187. The Morgan fingerprint density at radius 3 is 2.48 bits per heavy atom. The van der Waals surface area contributed by atoms with Crippen LogP contribution in [-0.2, 0) is 4.79 Å². The zero-order valence-corrected chi connectivity index (χ0v) is 16.5. The van der Waals surface area contributed by atoms with Crippen molar-refractivity contribution >= 4 is 46.0 Å². The summed E-state index contributed by atoms with van der Waals surface area (Å²) in [5.41, 5.74) is 2.17. The second-order valence-corrected chi connectivity index (χ2v) is 6.85. The quantitative estimate of drug-likeness (QED) is 0.576. The first kappa shape index (κ1) is 19.2. The maximum Gasteiger partial charge on any atom is 0.234 e. The third kappa shape index (κ3) is 4.40. The number of thioether (sulfide) groups is 1. The van der Waals surface area contributed by atoms with Gasteiger partial charge in [-0.05, 0) is 18.2 Å². The molecule has 3 rings (SSSR count). The second kappa shape index (κ2) is 8.41. The predicted molar refractivity (Wildman–Crippen MR) is 107 cm³/mol. The smallest absolute Gasteiger partial charge is 0.234 e. The summed E-state index contributed by atoms with van der Waals surface area (Å²) < 4.78 is 15.8. The summed E-state index contributed by atoms with van der Waals surface area (Å²) in [6, 6.07) is 8.74. The third-order valence-corrected chi connectivity index (χ3v) is 4.82. The van der Waals surface area contributed by atoms with Gasteiger partial charge in [0.25, 0.3) is 0 Å². The van der Waals surface area contributed by atoms with Crippen LogP contribution < -0.4 is 19.5 Å². The van der Waals surface area contributed by atoms with E-state index in [1.54, 1.807) is 24.3 Å². The largest absolute Gasteiger partial charge is 0.493 e. The Balaban J connectivity index is 1.68. The molecule has 0 saturated heterocycles. The highest BCUT2D eigenvalue weighted by atomic mass is 35.5. The molecule has 0 aliphatic carbocycles. The number of hydrogen-bond acceptors (Lipinski definition) is 6. The molecule has 0 bridgehead atoms. The van der Waals surface area contributed by atoms with Crippen LogP contribution in [0.25, 0.3) is 11.0 Å². The molecule has 0 aliphatic heterocycles. The molecule has 1 heterocycles. The molecular weight excluding hydrogens is 390 g/mol. The summed E-state index contributed by atoms with van der Waals surface area (Å²) in [6.45, 7) is 0. The number of rotatable bonds is 7. The molecule has 2 N–H and O–H groups in total. The molecule has 0 spiro atoms. The van der Waals surface area contributed by atoms with Crippen molar-refractivity contribution in [2.24, 2.45) is 0 Å². The van der Waals surface area contributed by atoms with E-state index >= 15 is 0 Å². The number of benzene rings is 2. The van der Waals surface area contributed by atoms with Crippen molar-refractivity contribution in [1.82, 2.24) is 9.97 Å². The van der Waals surface area contributed by atoms with Crippen molar-refractivity contribution in [2.75, 3.05) is 32.4 Å². The molecule has 3 aromatic rings. The van der Waals surface area contributed by atoms with Crippen molar-refractivity contribution in [3.63, 3.8) is 0 Å². The van der Waals surface area contributed by atoms with Crippen LogP contribution in [0.3, 0.4) is 0 Å². The van der Waals surface area contributed by atoms with Gasteiger partial charge in [-0.1, -0.05) is 23.4 Å². The van der Waals surface area contributed by atoms with Crippen LogP contribution in [0, 0.1) is 0 Å². The number of carbonyl (C=O) groups excluding carboxylic acids is 1. The summed E-state index contributed by atoms with van der Waals surface area (Å²) in [4.78, 5) is 19.9. The Kier molecular flexibility index (Phi) is 5.98. The highest BCUT2D eigenvalue weighted by Gasteiger charge is 2.15. The molecule has 142 valence electrons. The molecule has 0 unspecified atom stereocenters. The van der Waals surface area contributed by atoms with Crippen molar-refractivity contribution in [3.8, 4) is 17.2 Å². The Bertz CT molecular complexity index is 951. The number of ether oxygens (including phenoxy) is 3. The number of fused-ring (bicyclic) bond motifs is 1. The Morgan fingerprint density at radius 1 is 1.15 bits per heavy atom. The molecule has 1 amide bonds. The monoisotopic (exact) mass is 407 g/mol. The van der Waals surface area contributed by atoms with Crippen molar-refractivity contribution in [2.45, 2.75) is 5.16 Å². The zero-order chi connectivity index (χ0) is 19.4. The maximum atomic E-state index is 12.3. The van der Waals surface area contributed by atoms with Gasteiger partial charge in [-0.2, -0.15) is 0 Å². The lowest BCUT2D eigenvalue weighted by molar-refractivity contribution is -0.113. The summed E-state index contributed by atoms with van der Waals surface area (Å²) in [6.07, 6.45) is 0. The van der Waals surface area contributed by atoms with Gasteiger partial charge in [0.1, 0.15) is 0 Å². The Morgan fingerprint density at radius 2 is 1.85 bits per heavy atom. The number of aromatic amines is 1. The molecule has 1 aromatic heterocycles. The standard InChI is InChI=1S/C18H18ClN3O4S/c1-24-14-7-11(8-15(25-2)17(14)26-3)20-16(23)9-27-18-21-12-5-4-10(19)6-13(12)22-18/h4-8H,9H2,1-3H3,(H,20,23)(H,21,22). The lowest BCUT2D eigenvalue weighted by Gasteiger charge is -2.14. The fraction of sp³-hybridized carbons (Fsp3) is 0.222. The van der Waals surface area contributed by atoms with Gasteiger partial charge in [0.15, 0.2) is 16.7 Å². The van der Waals surface area contributed by atoms with Gasteiger partial charge in [0.05, 0.1) is 38.1 Å². The summed E-state index contributed by atoms with van der Waals surface area (Å²) in [5.74, 6) is 1.40. The molecule has 0 radical (unpaired) electrons. The van der Waals surface area contributed by atoms with Gasteiger partial charge in [-0.15, -0.1) is 0 Å². The number of halogens is 1. The van der Waals surface area contributed by atoms with Gasteiger partial charge in [0, 0.05) is 22.8 Å². The topological polar surface area (TPSA) is 85.5 Å². The van der Waals surface area contributed by atoms with Crippen LogP contribution in [0.2, 0.25) is 5.02 Å². The fourth-order valence-corrected chi connectivity index (χ4v) is 3.37. The van der Waals surface area contributed by atoms with E-state index in [0.29, 0.717) is 33.1 Å². The summed E-state index contributed by atoms with van der Waals surface area (Å²) in [5, 5.41) is 4.09. The van der Waals surface area contributed by atoms with E-state index < -0.39 is 0 Å². The zero-order valence-electron chi connectivity index (χ0n) is 15.0. The lowest BCUT2D eigenvalue weighted by Crippen LogP contribution is -2.14. The van der Waals surface area contributed by atoms with Crippen LogP contribution in [-0.4, -0.2) is 43.0 Å². The Labute approximate surface area is 165 Å². The van der Waals surface area contributed by atoms with Crippen molar-refractivity contribution in [1.29, 1.82) is 0 Å². The normalized spacial score (nSPS) is 10.7. The van der Waals surface area contributed by atoms with Gasteiger partial charge in [-0.3, -0.25) is 4.79 Å². The number of nitrogens with zero attached hydrogens (tertiary/aromatic N) is 1. The average Bonchev–Trinajstić information content (AvgIpc) is 3.07. The molecule has 0 atom stereocenters. The number of methoxy groups -OCH3 is 3. The maximum absolute atomic E-state index is 12.3. The first-order chi connectivity index (χ1) is 13.0. The van der Waals surface area contributed by atoms with Crippen molar-refractivity contribution < 1.29 is 19.0 Å². The Hall–Kier alpha value is -2.58. The van der Waals surface area contributed by atoms with Crippen LogP contribution in [0.5, 0.6) is 17.2 Å². The predicted octanol–water partition coefficient (Wildman–Crippen LogP) is 3.97. The van der Waals surface area contributed by atoms with Crippen molar-refractivity contribution in [3.05, 3.63) is 35.4 Å². The molecule has 2 aromatic carbocycles. The molecule has 0 saturated carbocycles. The lowest BCUT2D eigenvalue weighted by atomic mass is 10.2. The van der Waals surface area contributed by atoms with E-state index in [2.05, 4.69) is 15.3 Å². The van der Waals surface area contributed by atoms with E-state index in [4.69, 9.17) is 25.8 Å². The first-order valence-corrected chi connectivity index (χ1v) is 9.28. The minimum Gasteiger partial charge on any atom is -0.493 e. The molecule has 9 heteroatoms. The molecule has 0 aliphatic rings. The highest BCUT2D eigenvalue weighted by Crippen LogP contribution is 2.40. The first-order valence-electron chi connectivity index (χ1n) is 7.92. The van der Waals surface area contributed by atoms with Gasteiger partial charge >= 0.3 is 0 Å². The SMILES string of the molecule is COc1cc(NC(=O)CSc2nc3ccc(Cl)cc3[nH]2)cc(OC)c1OC. The number of H-pyrrole nitrogens is 1. The van der Waals surface area contributed by atoms with Gasteiger partial charge in [-0.25, -0.2) is 4.98 Å². The van der Waals surface area contributed by atoms with Crippen LogP contribution in [0.1, 0.15) is 0 Å². The number of carbonyl (C=O) groups is 1. The third-order valence-electron chi connectivity index (χ3n) is 3.71. The van der Waals surface area contributed by atoms with E-state index in [-0.39, 0.29) is 11.7 Å². The van der Waals surface area contributed by atoms with Crippen LogP contribution >= 0.6 is 23.4 Å². The molecule has 0 fully saturated rings.